The number of hydrogen-bond acceptors (Lipinski definition) is 4. The summed E-state index contributed by atoms with van der Waals surface area (Å²) in [6, 6.07) is 6.18. The van der Waals surface area contributed by atoms with Crippen LogP contribution in [0.3, 0.4) is 0 Å². The molecule has 0 saturated heterocycles. The zero-order chi connectivity index (χ0) is 19.8. The summed E-state index contributed by atoms with van der Waals surface area (Å²) < 4.78 is 18.0. The monoisotopic (exact) mass is 526 g/mol. The summed E-state index contributed by atoms with van der Waals surface area (Å²) in [6.45, 7) is 0.113. The fourth-order valence-electron chi connectivity index (χ4n) is 2.58. The van der Waals surface area contributed by atoms with Gasteiger partial charge in [-0.15, -0.1) is 0 Å². The van der Waals surface area contributed by atoms with Crippen LogP contribution < -0.4 is 5.32 Å². The number of amides is 1. The molecule has 0 radical (unpaired) electrons. The van der Waals surface area contributed by atoms with Crippen LogP contribution in [0, 0.1) is 5.82 Å². The van der Waals surface area contributed by atoms with Gasteiger partial charge in [0.05, 0.1) is 15.5 Å². The Labute approximate surface area is 179 Å². The van der Waals surface area contributed by atoms with Crippen molar-refractivity contribution in [3.63, 3.8) is 0 Å². The van der Waals surface area contributed by atoms with Gasteiger partial charge < -0.3 is 5.32 Å². The van der Waals surface area contributed by atoms with Gasteiger partial charge in [0.15, 0.2) is 17.2 Å². The van der Waals surface area contributed by atoms with Crippen LogP contribution in [-0.4, -0.2) is 30.3 Å². The molecule has 3 heterocycles. The maximum absolute atomic E-state index is 14.0. The molecule has 11 heteroatoms. The second-order valence-electron chi connectivity index (χ2n) is 5.73. The molecule has 4 rings (SSSR count). The first-order chi connectivity index (χ1) is 13.4. The Morgan fingerprint density at radius 1 is 1.25 bits per heavy atom. The summed E-state index contributed by atoms with van der Waals surface area (Å²) in [6.07, 6.45) is 4.92. The molecule has 4 aromatic rings. The zero-order valence-corrected chi connectivity index (χ0v) is 17.8. The lowest BCUT2D eigenvalue weighted by molar-refractivity contribution is 0.102. The van der Waals surface area contributed by atoms with Gasteiger partial charge in [0, 0.05) is 29.2 Å². The lowest BCUT2D eigenvalue weighted by Crippen LogP contribution is -2.14. The van der Waals surface area contributed by atoms with Gasteiger partial charge in [-0.1, -0.05) is 17.7 Å². The largest absolute Gasteiger partial charge is 0.303 e. The normalized spacial score (nSPS) is 11.1. The highest BCUT2D eigenvalue weighted by molar-refractivity contribution is 9.11. The first-order valence-corrected chi connectivity index (χ1v) is 9.86. The summed E-state index contributed by atoms with van der Waals surface area (Å²) in [5.41, 5.74) is 0.995. The molecule has 142 valence electrons. The Balaban J connectivity index is 1.58. The van der Waals surface area contributed by atoms with Crippen LogP contribution in [-0.2, 0) is 6.54 Å². The van der Waals surface area contributed by atoms with Gasteiger partial charge in [0.2, 0.25) is 0 Å². The topological polar surface area (TPSA) is 77.1 Å². The van der Waals surface area contributed by atoms with Gasteiger partial charge in [0.25, 0.3) is 5.91 Å². The Morgan fingerprint density at radius 3 is 2.82 bits per heavy atom. The van der Waals surface area contributed by atoms with Crippen molar-refractivity contribution in [2.24, 2.45) is 0 Å². The first-order valence-electron chi connectivity index (χ1n) is 7.90. The molecule has 0 bridgehead atoms. The number of nitrogens with one attached hydrogen (secondary N) is 1. The molecule has 0 saturated carbocycles. The van der Waals surface area contributed by atoms with E-state index in [4.69, 9.17) is 11.6 Å². The average Bonchev–Trinajstić information content (AvgIpc) is 3.18. The van der Waals surface area contributed by atoms with Crippen molar-refractivity contribution in [1.82, 2.24) is 24.4 Å². The van der Waals surface area contributed by atoms with Crippen molar-refractivity contribution in [2.45, 2.75) is 6.54 Å². The highest BCUT2D eigenvalue weighted by Gasteiger charge is 2.20. The van der Waals surface area contributed by atoms with Crippen LogP contribution in [0.25, 0.3) is 5.65 Å². The summed E-state index contributed by atoms with van der Waals surface area (Å²) >= 11 is 12.8. The number of hydrogen-bond donors (Lipinski definition) is 1. The molecule has 1 aromatic carbocycles. The zero-order valence-electron chi connectivity index (χ0n) is 13.9. The summed E-state index contributed by atoms with van der Waals surface area (Å²) in [7, 11) is 0. The lowest BCUT2D eigenvalue weighted by atomic mass is 10.2. The molecule has 0 atom stereocenters. The van der Waals surface area contributed by atoms with Gasteiger partial charge in [-0.2, -0.15) is 10.2 Å². The van der Waals surface area contributed by atoms with Crippen molar-refractivity contribution in [3.05, 3.63) is 73.9 Å². The number of carbonyl (C=O) groups is 1. The van der Waals surface area contributed by atoms with Gasteiger partial charge in [-0.05, 0) is 50.1 Å². The van der Waals surface area contributed by atoms with E-state index in [0.717, 1.165) is 0 Å². The molecular weight excluding hydrogens is 518 g/mol. The van der Waals surface area contributed by atoms with Crippen molar-refractivity contribution in [3.8, 4) is 0 Å². The van der Waals surface area contributed by atoms with Crippen LogP contribution >= 0.6 is 43.5 Å². The van der Waals surface area contributed by atoms with Crippen molar-refractivity contribution in [1.29, 1.82) is 0 Å². The predicted molar refractivity (Wildman–Crippen MR) is 109 cm³/mol. The molecular formula is C17H10Br2ClFN6O. The number of rotatable bonds is 4. The maximum Gasteiger partial charge on any atom is 0.278 e. The SMILES string of the molecule is O=C(Nc1nn(Cc2c(F)cccc2Cl)cc1Br)c1nn2cccnc2c1Br. The molecule has 28 heavy (non-hydrogen) atoms. The van der Waals surface area contributed by atoms with E-state index in [2.05, 4.69) is 52.4 Å². The second-order valence-corrected chi connectivity index (χ2v) is 7.78. The Kier molecular flexibility index (Phi) is 5.17. The van der Waals surface area contributed by atoms with E-state index in [0.29, 0.717) is 25.2 Å². The van der Waals surface area contributed by atoms with Gasteiger partial charge in [0.1, 0.15) is 5.82 Å². The molecule has 0 fully saturated rings. The minimum Gasteiger partial charge on any atom is -0.303 e. The Morgan fingerprint density at radius 2 is 2.07 bits per heavy atom. The van der Waals surface area contributed by atoms with Crippen molar-refractivity contribution >= 4 is 60.8 Å². The lowest BCUT2D eigenvalue weighted by Gasteiger charge is -2.06. The molecule has 0 aliphatic heterocycles. The molecule has 0 spiro atoms. The van der Waals surface area contributed by atoms with E-state index in [1.54, 1.807) is 30.7 Å². The Bertz CT molecular complexity index is 1190. The summed E-state index contributed by atoms with van der Waals surface area (Å²) in [5, 5.41) is 11.5. The number of halogens is 4. The molecule has 1 amide bonds. The standard InChI is InChI=1S/C17H10Br2ClFN6O/c18-10-8-26(7-9-11(20)3-1-4-12(9)21)25-15(10)23-17(28)14-13(19)16-22-5-2-6-27(16)24-14/h1-6,8H,7H2,(H,23,25,28). The highest BCUT2D eigenvalue weighted by atomic mass is 79.9. The quantitative estimate of drug-likeness (QED) is 0.422. The minimum absolute atomic E-state index is 0.113. The van der Waals surface area contributed by atoms with Crippen molar-refractivity contribution in [2.75, 3.05) is 5.32 Å². The van der Waals surface area contributed by atoms with E-state index in [1.165, 1.54) is 21.3 Å². The minimum atomic E-state index is -0.466. The number of nitrogens with zero attached hydrogens (tertiary/aromatic N) is 5. The number of fused-ring (bicyclic) bond motifs is 1. The molecule has 0 aliphatic rings. The molecule has 3 aromatic heterocycles. The maximum atomic E-state index is 14.0. The third-order valence-electron chi connectivity index (χ3n) is 3.88. The van der Waals surface area contributed by atoms with Gasteiger partial charge in [-0.25, -0.2) is 13.9 Å². The van der Waals surface area contributed by atoms with Crippen LogP contribution in [0.15, 0.2) is 51.8 Å². The fraction of sp³-hybridized carbons (Fsp3) is 0.0588. The molecule has 7 nitrogen and oxygen atoms in total. The molecule has 0 unspecified atom stereocenters. The number of aromatic nitrogens is 5. The van der Waals surface area contributed by atoms with Crippen LogP contribution in [0.5, 0.6) is 0 Å². The number of carbonyl (C=O) groups excluding carboxylic acids is 1. The average molecular weight is 529 g/mol. The molecule has 1 N–H and O–H groups in total. The number of benzene rings is 1. The van der Waals surface area contributed by atoms with E-state index in [-0.39, 0.29) is 18.1 Å². The summed E-state index contributed by atoms with van der Waals surface area (Å²) in [5.74, 6) is -0.618. The van der Waals surface area contributed by atoms with Gasteiger partial charge >= 0.3 is 0 Å². The smallest absolute Gasteiger partial charge is 0.278 e. The third-order valence-corrected chi connectivity index (χ3v) is 5.55. The second kappa shape index (κ2) is 7.61. The summed E-state index contributed by atoms with van der Waals surface area (Å²) in [4.78, 5) is 16.8. The van der Waals surface area contributed by atoms with E-state index >= 15 is 0 Å². The van der Waals surface area contributed by atoms with E-state index in [9.17, 15) is 9.18 Å². The van der Waals surface area contributed by atoms with Crippen LogP contribution in [0.1, 0.15) is 16.1 Å². The van der Waals surface area contributed by atoms with Crippen molar-refractivity contribution < 1.29 is 9.18 Å². The predicted octanol–water partition coefficient (Wildman–Crippen LogP) is 4.54. The van der Waals surface area contributed by atoms with Crippen LogP contribution in [0.4, 0.5) is 10.2 Å². The molecule has 0 aliphatic carbocycles. The third kappa shape index (κ3) is 3.54. The number of anilines is 1. The Hall–Kier alpha value is -2.30. The highest BCUT2D eigenvalue weighted by Crippen LogP contribution is 2.26. The van der Waals surface area contributed by atoms with Crippen LogP contribution in [0.2, 0.25) is 5.02 Å². The van der Waals surface area contributed by atoms with E-state index in [1.807, 2.05) is 0 Å². The van der Waals surface area contributed by atoms with E-state index < -0.39 is 11.7 Å². The van der Waals surface area contributed by atoms with Gasteiger partial charge in [-0.3, -0.25) is 9.48 Å². The fourth-order valence-corrected chi connectivity index (χ4v) is 3.76. The first kappa shape index (κ1) is 19.0.